The number of benzene rings is 2. The summed E-state index contributed by atoms with van der Waals surface area (Å²) in [5.41, 5.74) is 3.52. The zero-order chi connectivity index (χ0) is 17.1. The van der Waals surface area contributed by atoms with Gasteiger partial charge < -0.3 is 0 Å². The number of hydrogen-bond acceptors (Lipinski definition) is 2. The Balaban J connectivity index is 1.93. The fraction of sp³-hybridized carbons (Fsp3) is 0. The maximum atomic E-state index is 12.4. The molecule has 1 aliphatic rings. The Kier molecular flexibility index (Phi) is 3.98. The van der Waals surface area contributed by atoms with Crippen LogP contribution in [0.15, 0.2) is 60.7 Å². The molecule has 0 aliphatic heterocycles. The van der Waals surface area contributed by atoms with Crippen molar-refractivity contribution in [2.24, 2.45) is 0 Å². The summed E-state index contributed by atoms with van der Waals surface area (Å²) in [5, 5.41) is 0. The zero-order valence-electron chi connectivity index (χ0n) is 12.7. The van der Waals surface area contributed by atoms with Gasteiger partial charge in [0.25, 0.3) is 0 Å². The summed E-state index contributed by atoms with van der Waals surface area (Å²) in [4.78, 5) is 24.9. The number of carbonyl (C=O) groups excluding carboxylic acids is 2. The third-order valence-electron chi connectivity index (χ3n) is 3.81. The molecule has 0 amide bonds. The average Bonchev–Trinajstić information content (AvgIpc) is 2.63. The highest BCUT2D eigenvalue weighted by Gasteiger charge is 2.22. The Morgan fingerprint density at radius 3 is 1.21 bits per heavy atom. The van der Waals surface area contributed by atoms with E-state index in [4.69, 9.17) is 12.8 Å². The van der Waals surface area contributed by atoms with Crippen molar-refractivity contribution in [2.45, 2.75) is 0 Å². The van der Waals surface area contributed by atoms with E-state index < -0.39 is 0 Å². The summed E-state index contributed by atoms with van der Waals surface area (Å²) in [6.45, 7) is 0. The highest BCUT2D eigenvalue weighted by Crippen LogP contribution is 2.27. The largest absolute Gasteiger partial charge is 0.289 e. The van der Waals surface area contributed by atoms with Crippen LogP contribution < -0.4 is 0 Å². The number of carbonyl (C=O) groups is 2. The lowest BCUT2D eigenvalue weighted by Crippen LogP contribution is -2.11. The molecule has 24 heavy (non-hydrogen) atoms. The molecule has 0 bridgehead atoms. The second-order valence-electron chi connectivity index (χ2n) is 5.29. The molecule has 0 saturated heterocycles. The minimum atomic E-state index is -0.209. The van der Waals surface area contributed by atoms with Crippen molar-refractivity contribution in [3.05, 3.63) is 82.9 Å². The van der Waals surface area contributed by atoms with Gasteiger partial charge in [0, 0.05) is 22.3 Å². The lowest BCUT2D eigenvalue weighted by molar-refractivity contribution is -0.112. The van der Waals surface area contributed by atoms with Gasteiger partial charge in [-0.3, -0.25) is 9.59 Å². The second kappa shape index (κ2) is 6.24. The highest BCUT2D eigenvalue weighted by atomic mass is 16.1. The van der Waals surface area contributed by atoms with Crippen LogP contribution in [-0.4, -0.2) is 11.6 Å². The molecule has 0 unspecified atom stereocenters. The van der Waals surface area contributed by atoms with Crippen LogP contribution in [0, 0.1) is 24.7 Å². The number of ketones is 2. The van der Waals surface area contributed by atoms with Gasteiger partial charge in [-0.1, -0.05) is 36.1 Å². The Morgan fingerprint density at radius 2 is 0.917 bits per heavy atom. The lowest BCUT2D eigenvalue weighted by Gasteiger charge is -2.13. The summed E-state index contributed by atoms with van der Waals surface area (Å²) in [5.74, 6) is 4.62. The summed E-state index contributed by atoms with van der Waals surface area (Å²) in [6.07, 6.45) is 13.4. The summed E-state index contributed by atoms with van der Waals surface area (Å²) in [6, 6.07) is 13.9. The Bertz CT molecular complexity index is 887. The fourth-order valence-electron chi connectivity index (χ4n) is 2.50. The molecule has 112 valence electrons. The molecule has 2 aromatic rings. The van der Waals surface area contributed by atoms with Gasteiger partial charge in [-0.25, -0.2) is 0 Å². The van der Waals surface area contributed by atoms with E-state index in [0.29, 0.717) is 22.3 Å². The first kappa shape index (κ1) is 15.3. The van der Waals surface area contributed by atoms with Crippen LogP contribution in [0.3, 0.4) is 0 Å². The zero-order valence-corrected chi connectivity index (χ0v) is 12.7. The van der Waals surface area contributed by atoms with E-state index >= 15 is 0 Å². The fourth-order valence-corrected chi connectivity index (χ4v) is 2.50. The molecular weight excluding hydrogens is 296 g/mol. The monoisotopic (exact) mass is 308 g/mol. The van der Waals surface area contributed by atoms with E-state index in [1.807, 2.05) is 0 Å². The predicted octanol–water partition coefficient (Wildman–Crippen LogP) is 3.27. The van der Waals surface area contributed by atoms with Crippen molar-refractivity contribution in [2.75, 3.05) is 0 Å². The molecule has 0 atom stereocenters. The van der Waals surface area contributed by atoms with Crippen LogP contribution in [0.2, 0.25) is 0 Å². The molecule has 2 aromatic carbocycles. The summed E-state index contributed by atoms with van der Waals surface area (Å²) < 4.78 is 0. The molecule has 0 heterocycles. The number of hydrogen-bond donors (Lipinski definition) is 0. The molecule has 0 fully saturated rings. The van der Waals surface area contributed by atoms with Gasteiger partial charge >= 0.3 is 0 Å². The van der Waals surface area contributed by atoms with Crippen LogP contribution in [0.25, 0.3) is 11.1 Å². The quantitative estimate of drug-likeness (QED) is 0.630. The van der Waals surface area contributed by atoms with Crippen LogP contribution in [0.1, 0.15) is 22.3 Å². The standard InChI is InChI=1S/C22H12O2/c1-3-15-5-9-17(10-6-15)19-13-22(24)20(14-21(19)23)18-11-7-16(4-2)8-12-18/h1-2,5-14H. The van der Waals surface area contributed by atoms with Crippen molar-refractivity contribution in [3.8, 4) is 24.7 Å². The van der Waals surface area contributed by atoms with Gasteiger partial charge in [0.15, 0.2) is 11.6 Å². The first-order valence-electron chi connectivity index (χ1n) is 7.28. The molecule has 0 aromatic heterocycles. The lowest BCUT2D eigenvalue weighted by atomic mass is 9.88. The van der Waals surface area contributed by atoms with Gasteiger partial charge in [-0.05, 0) is 47.5 Å². The van der Waals surface area contributed by atoms with Crippen molar-refractivity contribution in [1.29, 1.82) is 0 Å². The minimum Gasteiger partial charge on any atom is -0.289 e. The molecule has 3 rings (SSSR count). The molecule has 0 N–H and O–H groups in total. The summed E-state index contributed by atoms with van der Waals surface area (Å²) >= 11 is 0. The Morgan fingerprint density at radius 1 is 0.583 bits per heavy atom. The third kappa shape index (κ3) is 2.82. The number of rotatable bonds is 2. The maximum absolute atomic E-state index is 12.4. The van der Waals surface area contributed by atoms with E-state index in [9.17, 15) is 9.59 Å². The number of allylic oxidation sites excluding steroid dienone is 4. The first-order chi connectivity index (χ1) is 11.6. The highest BCUT2D eigenvalue weighted by molar-refractivity contribution is 6.43. The first-order valence-corrected chi connectivity index (χ1v) is 7.28. The van der Waals surface area contributed by atoms with Crippen LogP contribution >= 0.6 is 0 Å². The SMILES string of the molecule is C#Cc1ccc(C2=CC(=O)C(c3ccc(C#C)cc3)=CC2=O)cc1. The molecule has 2 heteroatoms. The topological polar surface area (TPSA) is 34.1 Å². The Hall–Kier alpha value is -3.62. The van der Waals surface area contributed by atoms with Crippen molar-refractivity contribution in [1.82, 2.24) is 0 Å². The van der Waals surface area contributed by atoms with Gasteiger partial charge in [0.05, 0.1) is 0 Å². The van der Waals surface area contributed by atoms with Gasteiger partial charge in [0.1, 0.15) is 0 Å². The van der Waals surface area contributed by atoms with Crippen molar-refractivity contribution < 1.29 is 9.59 Å². The minimum absolute atomic E-state index is 0.209. The van der Waals surface area contributed by atoms with Crippen LogP contribution in [0.4, 0.5) is 0 Å². The summed E-state index contributed by atoms with van der Waals surface area (Å²) in [7, 11) is 0. The van der Waals surface area contributed by atoms with Crippen LogP contribution in [0.5, 0.6) is 0 Å². The van der Waals surface area contributed by atoms with Crippen molar-refractivity contribution >= 4 is 22.7 Å². The number of terminal acetylenes is 2. The van der Waals surface area contributed by atoms with E-state index in [0.717, 1.165) is 11.1 Å². The molecule has 1 aliphatic carbocycles. The normalized spacial score (nSPS) is 13.6. The van der Waals surface area contributed by atoms with Crippen LogP contribution in [-0.2, 0) is 9.59 Å². The van der Waals surface area contributed by atoms with Gasteiger partial charge in [-0.2, -0.15) is 0 Å². The molecule has 0 radical (unpaired) electrons. The molecular formula is C22H12O2. The van der Waals surface area contributed by atoms with Crippen molar-refractivity contribution in [3.63, 3.8) is 0 Å². The smallest absolute Gasteiger partial charge is 0.187 e. The third-order valence-corrected chi connectivity index (χ3v) is 3.81. The second-order valence-corrected chi connectivity index (χ2v) is 5.29. The Labute approximate surface area is 140 Å². The van der Waals surface area contributed by atoms with Gasteiger partial charge in [-0.15, -0.1) is 12.8 Å². The maximum Gasteiger partial charge on any atom is 0.187 e. The van der Waals surface area contributed by atoms with E-state index in [-0.39, 0.29) is 11.6 Å². The molecule has 0 spiro atoms. The average molecular weight is 308 g/mol. The van der Waals surface area contributed by atoms with E-state index in [2.05, 4.69) is 11.8 Å². The molecule has 0 saturated carbocycles. The van der Waals surface area contributed by atoms with Gasteiger partial charge in [0.2, 0.25) is 0 Å². The van der Waals surface area contributed by atoms with E-state index in [1.54, 1.807) is 48.5 Å². The van der Waals surface area contributed by atoms with E-state index in [1.165, 1.54) is 12.2 Å². The molecule has 2 nitrogen and oxygen atoms in total. The predicted molar refractivity (Wildman–Crippen MR) is 94.7 cm³/mol.